The molecule has 1 aliphatic rings. The highest BCUT2D eigenvalue weighted by atomic mass is 16.5. The van der Waals surface area contributed by atoms with Gasteiger partial charge in [0.2, 0.25) is 0 Å². The van der Waals surface area contributed by atoms with Crippen LogP contribution in [0.1, 0.15) is 46.2 Å². The van der Waals surface area contributed by atoms with E-state index in [-0.39, 0.29) is 11.9 Å². The molecular weight excluding hydrogens is 366 g/mol. The molecule has 29 heavy (non-hydrogen) atoms. The zero-order chi connectivity index (χ0) is 20.4. The van der Waals surface area contributed by atoms with E-state index in [0.717, 1.165) is 35.8 Å². The van der Waals surface area contributed by atoms with Crippen molar-refractivity contribution < 1.29 is 9.53 Å². The highest BCUT2D eigenvalue weighted by Crippen LogP contribution is 2.31. The number of hydrogen-bond donors (Lipinski definition) is 1. The molecule has 1 aliphatic heterocycles. The van der Waals surface area contributed by atoms with Crippen molar-refractivity contribution in [1.82, 2.24) is 24.8 Å². The van der Waals surface area contributed by atoms with Gasteiger partial charge in [-0.15, -0.1) is 0 Å². The number of carbonyl (C=O) groups is 1. The lowest BCUT2D eigenvalue weighted by Crippen LogP contribution is -2.37. The maximum Gasteiger partial charge on any atom is 0.256 e. The van der Waals surface area contributed by atoms with E-state index in [1.165, 1.54) is 12.8 Å². The second kappa shape index (κ2) is 8.21. The molecule has 3 heterocycles. The molecule has 1 amide bonds. The average Bonchev–Trinajstić information content (AvgIpc) is 3.38. The maximum atomic E-state index is 13.0. The topological polar surface area (TPSA) is 71.8 Å². The second-order valence-corrected chi connectivity index (χ2v) is 7.54. The van der Waals surface area contributed by atoms with Gasteiger partial charge in [0, 0.05) is 23.5 Å². The molecular formula is C22H27N5O2. The van der Waals surface area contributed by atoms with Gasteiger partial charge in [-0.2, -0.15) is 5.10 Å². The lowest BCUT2D eigenvalue weighted by atomic mass is 10.0. The minimum atomic E-state index is -0.156. The molecule has 7 nitrogen and oxygen atoms in total. The average molecular weight is 393 g/mol. The first-order chi connectivity index (χ1) is 14.1. The Morgan fingerprint density at radius 3 is 2.76 bits per heavy atom. The SMILES string of the molecule is COc1ccccc1[C@H](CNC(=O)c1cnn2c(C)cc(C)nc12)N1CCCC1. The number of aromatic nitrogens is 3. The molecule has 0 unspecified atom stereocenters. The Bertz CT molecular complexity index is 1020. The van der Waals surface area contributed by atoms with E-state index >= 15 is 0 Å². The van der Waals surface area contributed by atoms with Crippen LogP contribution in [0.3, 0.4) is 0 Å². The van der Waals surface area contributed by atoms with Gasteiger partial charge in [-0.25, -0.2) is 9.50 Å². The summed E-state index contributed by atoms with van der Waals surface area (Å²) in [6, 6.07) is 10.1. The van der Waals surface area contributed by atoms with Crippen LogP contribution in [-0.4, -0.2) is 52.1 Å². The molecule has 152 valence electrons. The number of hydrogen-bond acceptors (Lipinski definition) is 5. The van der Waals surface area contributed by atoms with Crippen LogP contribution < -0.4 is 10.1 Å². The first kappa shape index (κ1) is 19.4. The van der Waals surface area contributed by atoms with Crippen LogP contribution in [-0.2, 0) is 0 Å². The fourth-order valence-electron chi connectivity index (χ4n) is 4.15. The molecule has 0 radical (unpaired) electrons. The van der Waals surface area contributed by atoms with Gasteiger partial charge in [0.05, 0.1) is 19.3 Å². The summed E-state index contributed by atoms with van der Waals surface area (Å²) in [5, 5.41) is 7.45. The van der Waals surface area contributed by atoms with E-state index in [1.807, 2.05) is 38.1 Å². The van der Waals surface area contributed by atoms with Crippen LogP contribution in [0.5, 0.6) is 5.75 Å². The summed E-state index contributed by atoms with van der Waals surface area (Å²) in [6.07, 6.45) is 3.95. The van der Waals surface area contributed by atoms with Crippen molar-refractivity contribution >= 4 is 11.6 Å². The molecule has 0 bridgehead atoms. The Morgan fingerprint density at radius 2 is 2.00 bits per heavy atom. The number of nitrogens with zero attached hydrogens (tertiary/aromatic N) is 4. The van der Waals surface area contributed by atoms with E-state index in [2.05, 4.69) is 26.4 Å². The molecule has 7 heteroatoms. The number of benzene rings is 1. The zero-order valence-corrected chi connectivity index (χ0v) is 17.2. The van der Waals surface area contributed by atoms with E-state index < -0.39 is 0 Å². The number of aryl methyl sites for hydroxylation is 2. The van der Waals surface area contributed by atoms with Crippen LogP contribution in [0.15, 0.2) is 36.5 Å². The minimum absolute atomic E-state index is 0.0656. The fraction of sp³-hybridized carbons (Fsp3) is 0.409. The smallest absolute Gasteiger partial charge is 0.256 e. The Labute approximate surface area is 170 Å². The summed E-state index contributed by atoms with van der Waals surface area (Å²) in [7, 11) is 1.69. The Kier molecular flexibility index (Phi) is 5.49. The van der Waals surface area contributed by atoms with Gasteiger partial charge in [0.15, 0.2) is 5.65 Å². The standard InChI is InChI=1S/C22H27N5O2/c1-15-12-16(2)27-21(25-15)18(13-24-27)22(28)23-14-19(26-10-6-7-11-26)17-8-4-5-9-20(17)29-3/h4-5,8-9,12-13,19H,6-7,10-11,14H2,1-3H3,(H,23,28)/t19-/m0/s1. The third-order valence-corrected chi connectivity index (χ3v) is 5.56. The van der Waals surface area contributed by atoms with Crippen molar-refractivity contribution in [3.05, 3.63) is 59.0 Å². The van der Waals surface area contributed by atoms with E-state index in [4.69, 9.17) is 4.74 Å². The van der Waals surface area contributed by atoms with Crippen molar-refractivity contribution in [1.29, 1.82) is 0 Å². The summed E-state index contributed by atoms with van der Waals surface area (Å²) in [5.41, 5.74) is 4.01. The maximum absolute atomic E-state index is 13.0. The lowest BCUT2D eigenvalue weighted by Gasteiger charge is -2.29. The van der Waals surface area contributed by atoms with Gasteiger partial charge in [0.25, 0.3) is 5.91 Å². The first-order valence-corrected chi connectivity index (χ1v) is 10.1. The molecule has 1 atom stereocenters. The molecule has 2 aromatic heterocycles. The monoisotopic (exact) mass is 393 g/mol. The largest absolute Gasteiger partial charge is 0.496 e. The van der Waals surface area contributed by atoms with Crippen molar-refractivity contribution in [2.75, 3.05) is 26.7 Å². The highest BCUT2D eigenvalue weighted by molar-refractivity contribution is 5.99. The van der Waals surface area contributed by atoms with Gasteiger partial charge in [0.1, 0.15) is 11.3 Å². The molecule has 3 aromatic rings. The van der Waals surface area contributed by atoms with Gasteiger partial charge < -0.3 is 10.1 Å². The Morgan fingerprint density at radius 1 is 1.24 bits per heavy atom. The number of nitrogens with one attached hydrogen (secondary N) is 1. The Hall–Kier alpha value is -2.93. The van der Waals surface area contributed by atoms with E-state index in [9.17, 15) is 4.79 Å². The van der Waals surface area contributed by atoms with Gasteiger partial charge >= 0.3 is 0 Å². The quantitative estimate of drug-likeness (QED) is 0.697. The van der Waals surface area contributed by atoms with Crippen molar-refractivity contribution in [2.24, 2.45) is 0 Å². The molecule has 4 rings (SSSR count). The van der Waals surface area contributed by atoms with Crippen molar-refractivity contribution in [2.45, 2.75) is 32.7 Å². The summed E-state index contributed by atoms with van der Waals surface area (Å²) >= 11 is 0. The normalized spacial score (nSPS) is 15.6. The third-order valence-electron chi connectivity index (χ3n) is 5.56. The Balaban J connectivity index is 1.58. The fourth-order valence-corrected chi connectivity index (χ4v) is 4.15. The number of amides is 1. The molecule has 1 saturated heterocycles. The van der Waals surface area contributed by atoms with E-state index in [0.29, 0.717) is 17.8 Å². The third kappa shape index (κ3) is 3.82. The summed E-state index contributed by atoms with van der Waals surface area (Å²) in [6.45, 7) is 6.43. The number of carbonyl (C=O) groups excluding carboxylic acids is 1. The van der Waals surface area contributed by atoms with Crippen LogP contribution in [0.4, 0.5) is 0 Å². The number of para-hydroxylation sites is 1. The van der Waals surface area contributed by atoms with Crippen molar-refractivity contribution in [3.8, 4) is 5.75 Å². The number of methoxy groups -OCH3 is 1. The summed E-state index contributed by atoms with van der Waals surface area (Å²) in [4.78, 5) is 19.9. The molecule has 0 spiro atoms. The first-order valence-electron chi connectivity index (χ1n) is 10.1. The second-order valence-electron chi connectivity index (χ2n) is 7.54. The van der Waals surface area contributed by atoms with Crippen LogP contribution >= 0.6 is 0 Å². The van der Waals surface area contributed by atoms with Gasteiger partial charge in [-0.05, 0) is 51.9 Å². The highest BCUT2D eigenvalue weighted by Gasteiger charge is 2.27. The predicted octanol–water partition coefficient (Wildman–Crippen LogP) is 2.92. The number of ether oxygens (including phenoxy) is 1. The van der Waals surface area contributed by atoms with Gasteiger partial charge in [-0.3, -0.25) is 9.69 Å². The predicted molar refractivity (Wildman–Crippen MR) is 111 cm³/mol. The number of fused-ring (bicyclic) bond motifs is 1. The van der Waals surface area contributed by atoms with Gasteiger partial charge in [-0.1, -0.05) is 18.2 Å². The zero-order valence-electron chi connectivity index (χ0n) is 17.2. The van der Waals surface area contributed by atoms with E-state index in [1.54, 1.807) is 17.8 Å². The molecule has 1 aromatic carbocycles. The molecule has 1 fully saturated rings. The minimum Gasteiger partial charge on any atom is -0.496 e. The number of rotatable bonds is 6. The summed E-state index contributed by atoms with van der Waals surface area (Å²) in [5.74, 6) is 0.694. The summed E-state index contributed by atoms with van der Waals surface area (Å²) < 4.78 is 7.29. The lowest BCUT2D eigenvalue weighted by molar-refractivity contribution is 0.0938. The van der Waals surface area contributed by atoms with Crippen LogP contribution in [0, 0.1) is 13.8 Å². The molecule has 1 N–H and O–H groups in total. The van der Waals surface area contributed by atoms with Crippen molar-refractivity contribution in [3.63, 3.8) is 0 Å². The number of likely N-dealkylation sites (tertiary alicyclic amines) is 1. The molecule has 0 aliphatic carbocycles. The van der Waals surface area contributed by atoms with Crippen LogP contribution in [0.25, 0.3) is 5.65 Å². The van der Waals surface area contributed by atoms with Crippen LogP contribution in [0.2, 0.25) is 0 Å². The molecule has 0 saturated carbocycles.